The van der Waals surface area contributed by atoms with Crippen LogP contribution in [0.5, 0.6) is 0 Å². The van der Waals surface area contributed by atoms with Gasteiger partial charge in [0.25, 0.3) is 5.56 Å². The SMILES string of the molecule is Cc1ccsc1CNCCn1cnc2ccsc2c1=O. The van der Waals surface area contributed by atoms with Gasteiger partial charge in [-0.3, -0.25) is 9.36 Å². The van der Waals surface area contributed by atoms with Crippen molar-refractivity contribution < 1.29 is 0 Å². The molecule has 0 bridgehead atoms. The Labute approximate surface area is 124 Å². The summed E-state index contributed by atoms with van der Waals surface area (Å²) in [5, 5.41) is 7.38. The van der Waals surface area contributed by atoms with Crippen molar-refractivity contribution in [2.24, 2.45) is 0 Å². The molecule has 0 radical (unpaired) electrons. The first-order valence-electron chi connectivity index (χ1n) is 6.42. The lowest BCUT2D eigenvalue weighted by molar-refractivity contribution is 0.584. The van der Waals surface area contributed by atoms with Crippen LogP contribution in [0.3, 0.4) is 0 Å². The van der Waals surface area contributed by atoms with Crippen molar-refractivity contribution in [3.05, 3.63) is 50.0 Å². The molecule has 4 nitrogen and oxygen atoms in total. The van der Waals surface area contributed by atoms with Crippen molar-refractivity contribution in [1.82, 2.24) is 14.9 Å². The molecule has 3 rings (SSSR count). The minimum absolute atomic E-state index is 0.0547. The molecule has 3 aromatic rings. The second-order valence-corrected chi connectivity index (χ2v) is 6.50. The van der Waals surface area contributed by atoms with Crippen molar-refractivity contribution in [1.29, 1.82) is 0 Å². The van der Waals surface area contributed by atoms with Crippen LogP contribution in [-0.4, -0.2) is 16.1 Å². The predicted octanol–water partition coefficient (Wildman–Crippen LogP) is 2.62. The van der Waals surface area contributed by atoms with Crippen molar-refractivity contribution in [2.45, 2.75) is 20.0 Å². The molecule has 3 heterocycles. The molecule has 0 spiro atoms. The van der Waals surface area contributed by atoms with Crippen LogP contribution in [0, 0.1) is 6.92 Å². The summed E-state index contributed by atoms with van der Waals surface area (Å²) in [6, 6.07) is 4.00. The molecule has 0 saturated carbocycles. The largest absolute Gasteiger partial charge is 0.310 e. The maximum Gasteiger partial charge on any atom is 0.271 e. The standard InChI is InChI=1S/C14H15N3OS2/c1-10-2-6-19-12(10)8-15-4-5-17-9-16-11-3-7-20-13(11)14(17)18/h2-3,6-7,9,15H,4-5,8H2,1H3. The average Bonchev–Trinajstić information content (AvgIpc) is 3.06. The van der Waals surface area contributed by atoms with E-state index in [0.717, 1.165) is 23.3 Å². The fourth-order valence-electron chi connectivity index (χ4n) is 2.02. The molecule has 0 fully saturated rings. The van der Waals surface area contributed by atoms with Gasteiger partial charge in [-0.05, 0) is 35.4 Å². The molecule has 0 atom stereocenters. The molecule has 3 aromatic heterocycles. The van der Waals surface area contributed by atoms with Gasteiger partial charge in [0.15, 0.2) is 0 Å². The molecular formula is C14H15N3OS2. The predicted molar refractivity (Wildman–Crippen MR) is 84.6 cm³/mol. The Bertz CT molecular complexity index is 772. The van der Waals surface area contributed by atoms with E-state index in [1.54, 1.807) is 22.2 Å². The highest BCUT2D eigenvalue weighted by Crippen LogP contribution is 2.15. The summed E-state index contributed by atoms with van der Waals surface area (Å²) in [5.41, 5.74) is 2.17. The Kier molecular flexibility index (Phi) is 3.95. The lowest BCUT2D eigenvalue weighted by Gasteiger charge is -2.06. The lowest BCUT2D eigenvalue weighted by Crippen LogP contribution is -2.26. The van der Waals surface area contributed by atoms with Crippen molar-refractivity contribution in [3.63, 3.8) is 0 Å². The van der Waals surface area contributed by atoms with Gasteiger partial charge in [-0.25, -0.2) is 4.98 Å². The number of hydrogen-bond acceptors (Lipinski definition) is 5. The van der Waals surface area contributed by atoms with Crippen LogP contribution in [0.1, 0.15) is 10.4 Å². The molecular weight excluding hydrogens is 290 g/mol. The third-order valence-electron chi connectivity index (χ3n) is 3.22. The molecule has 0 unspecified atom stereocenters. The first kappa shape index (κ1) is 13.5. The Morgan fingerprint density at radius 1 is 1.30 bits per heavy atom. The van der Waals surface area contributed by atoms with Gasteiger partial charge in [0.2, 0.25) is 0 Å². The van der Waals surface area contributed by atoms with E-state index in [0.29, 0.717) is 6.54 Å². The minimum Gasteiger partial charge on any atom is -0.310 e. The summed E-state index contributed by atoms with van der Waals surface area (Å²) in [5.74, 6) is 0. The molecule has 0 aliphatic heterocycles. The van der Waals surface area contributed by atoms with E-state index in [-0.39, 0.29) is 5.56 Å². The van der Waals surface area contributed by atoms with E-state index in [2.05, 4.69) is 28.7 Å². The second-order valence-electron chi connectivity index (χ2n) is 4.58. The summed E-state index contributed by atoms with van der Waals surface area (Å²) < 4.78 is 2.41. The molecule has 6 heteroatoms. The van der Waals surface area contributed by atoms with Crippen LogP contribution < -0.4 is 10.9 Å². The molecule has 0 aliphatic carbocycles. The van der Waals surface area contributed by atoms with E-state index < -0.39 is 0 Å². The highest BCUT2D eigenvalue weighted by Gasteiger charge is 2.05. The van der Waals surface area contributed by atoms with Crippen LogP contribution >= 0.6 is 22.7 Å². The van der Waals surface area contributed by atoms with Crippen LogP contribution in [0.25, 0.3) is 10.2 Å². The quantitative estimate of drug-likeness (QED) is 0.737. The van der Waals surface area contributed by atoms with Gasteiger partial charge in [-0.1, -0.05) is 0 Å². The van der Waals surface area contributed by atoms with E-state index in [1.165, 1.54) is 21.8 Å². The number of hydrogen-bond donors (Lipinski definition) is 1. The fraction of sp³-hybridized carbons (Fsp3) is 0.286. The number of nitrogens with zero attached hydrogens (tertiary/aromatic N) is 2. The summed E-state index contributed by atoms with van der Waals surface area (Å²) in [6.07, 6.45) is 1.63. The minimum atomic E-state index is 0.0547. The van der Waals surface area contributed by atoms with Crippen LogP contribution in [0.2, 0.25) is 0 Å². The first-order valence-corrected chi connectivity index (χ1v) is 8.18. The Morgan fingerprint density at radius 2 is 2.15 bits per heavy atom. The van der Waals surface area contributed by atoms with Gasteiger partial charge in [0.1, 0.15) is 4.70 Å². The van der Waals surface area contributed by atoms with Crippen molar-refractivity contribution in [3.8, 4) is 0 Å². The number of aromatic nitrogens is 2. The molecule has 20 heavy (non-hydrogen) atoms. The maximum atomic E-state index is 12.2. The lowest BCUT2D eigenvalue weighted by atomic mass is 10.3. The normalized spacial score (nSPS) is 11.2. The molecule has 0 aromatic carbocycles. The average molecular weight is 305 g/mol. The zero-order valence-corrected chi connectivity index (χ0v) is 12.8. The fourth-order valence-corrected chi connectivity index (χ4v) is 3.69. The second kappa shape index (κ2) is 5.87. The number of fused-ring (bicyclic) bond motifs is 1. The monoisotopic (exact) mass is 305 g/mol. The topological polar surface area (TPSA) is 46.9 Å². The Balaban J connectivity index is 1.61. The zero-order chi connectivity index (χ0) is 13.9. The van der Waals surface area contributed by atoms with Crippen LogP contribution in [0.4, 0.5) is 0 Å². The van der Waals surface area contributed by atoms with Crippen molar-refractivity contribution >= 4 is 32.9 Å². The maximum absolute atomic E-state index is 12.2. The summed E-state index contributed by atoms with van der Waals surface area (Å²) >= 11 is 3.21. The highest BCUT2D eigenvalue weighted by molar-refractivity contribution is 7.17. The molecule has 1 N–H and O–H groups in total. The number of rotatable bonds is 5. The Hall–Kier alpha value is -1.50. The number of nitrogens with one attached hydrogen (secondary N) is 1. The van der Waals surface area contributed by atoms with E-state index in [4.69, 9.17) is 0 Å². The first-order chi connectivity index (χ1) is 9.75. The third kappa shape index (κ3) is 2.67. The van der Waals surface area contributed by atoms with Gasteiger partial charge in [-0.2, -0.15) is 0 Å². The smallest absolute Gasteiger partial charge is 0.271 e. The molecule has 0 saturated heterocycles. The summed E-state index contributed by atoms with van der Waals surface area (Å²) in [7, 11) is 0. The molecule has 104 valence electrons. The third-order valence-corrected chi connectivity index (χ3v) is 5.13. The van der Waals surface area contributed by atoms with Gasteiger partial charge in [0, 0.05) is 24.5 Å². The van der Waals surface area contributed by atoms with E-state index in [1.807, 2.05) is 11.4 Å². The summed E-state index contributed by atoms with van der Waals surface area (Å²) in [6.45, 7) is 4.37. The number of thiophene rings is 2. The summed E-state index contributed by atoms with van der Waals surface area (Å²) in [4.78, 5) is 17.8. The van der Waals surface area contributed by atoms with Gasteiger partial charge >= 0.3 is 0 Å². The number of aryl methyl sites for hydroxylation is 1. The molecule has 0 amide bonds. The van der Waals surface area contributed by atoms with Gasteiger partial charge < -0.3 is 5.32 Å². The van der Waals surface area contributed by atoms with E-state index in [9.17, 15) is 4.79 Å². The highest BCUT2D eigenvalue weighted by atomic mass is 32.1. The van der Waals surface area contributed by atoms with Crippen LogP contribution in [-0.2, 0) is 13.1 Å². The van der Waals surface area contributed by atoms with Crippen molar-refractivity contribution in [2.75, 3.05) is 6.54 Å². The Morgan fingerprint density at radius 3 is 2.95 bits per heavy atom. The van der Waals surface area contributed by atoms with Crippen LogP contribution in [0.15, 0.2) is 34.0 Å². The van der Waals surface area contributed by atoms with Gasteiger partial charge in [-0.15, -0.1) is 22.7 Å². The molecule has 0 aliphatic rings. The zero-order valence-electron chi connectivity index (χ0n) is 11.1. The van der Waals surface area contributed by atoms with E-state index >= 15 is 0 Å². The van der Waals surface area contributed by atoms with Gasteiger partial charge in [0.05, 0.1) is 11.8 Å².